The molecule has 0 fully saturated rings. The first-order valence-electron chi connectivity index (χ1n) is 6.56. The van der Waals surface area contributed by atoms with E-state index in [-0.39, 0.29) is 11.2 Å². The van der Waals surface area contributed by atoms with Crippen LogP contribution in [-0.2, 0) is 0 Å². The van der Waals surface area contributed by atoms with Crippen molar-refractivity contribution in [1.82, 2.24) is 9.88 Å². The predicted octanol–water partition coefficient (Wildman–Crippen LogP) is 3.09. The molecule has 0 bridgehead atoms. The molecule has 1 aromatic rings. The van der Waals surface area contributed by atoms with Crippen LogP contribution in [0.5, 0.6) is 0 Å². The van der Waals surface area contributed by atoms with Crippen LogP contribution >= 0.6 is 10.0 Å². The molecule has 5 heteroatoms. The Bertz CT molecular complexity index is 603. The molecule has 0 aromatic carbocycles. The van der Waals surface area contributed by atoms with Crippen LogP contribution in [0.25, 0.3) is 0 Å². The molecule has 0 radical (unpaired) electrons. The van der Waals surface area contributed by atoms with Crippen LogP contribution < -0.4 is 0 Å². The van der Waals surface area contributed by atoms with Crippen LogP contribution in [0.15, 0.2) is 12.3 Å². The molecular weight excluding hydrogens is 287 g/mol. The average molecular weight is 310 g/mol. The topological polar surface area (TPSA) is 33.2 Å². The van der Waals surface area contributed by atoms with Gasteiger partial charge < -0.3 is 4.90 Å². The van der Waals surface area contributed by atoms with Crippen LogP contribution in [0.1, 0.15) is 36.8 Å². The zero-order valence-corrected chi connectivity index (χ0v) is 14.6. The molecule has 1 rings (SSSR count). The van der Waals surface area contributed by atoms with E-state index in [1.165, 1.54) is 17.2 Å². The molecule has 1 amide bonds. The van der Waals surface area contributed by atoms with Crippen molar-refractivity contribution in [3.8, 4) is 11.2 Å². The Kier molecular flexibility index (Phi) is 5.06. The Morgan fingerprint density at radius 2 is 1.90 bits per heavy atom. The second kappa shape index (κ2) is 6.07. The summed E-state index contributed by atoms with van der Waals surface area (Å²) < 4.78 is 14.1. The molecular formula is C16H23FN2OS. The standard InChI is InChI=1S/C16H23FN2OS/c1-16(2,3)19(4)15(20)14-13(17)10-12(11-18-14)8-9-21(5,6)7/h10-11H,1-7H3. The SMILES string of the molecule is CN(C(=O)c1ncc(C#CS(C)(C)C)cc1F)C(C)(C)C. The molecule has 0 atom stereocenters. The molecule has 0 unspecified atom stereocenters. The highest BCUT2D eigenvalue weighted by atomic mass is 32.3. The molecule has 116 valence electrons. The fraction of sp³-hybridized carbons (Fsp3) is 0.500. The van der Waals surface area contributed by atoms with Gasteiger partial charge in [0.2, 0.25) is 0 Å². The summed E-state index contributed by atoms with van der Waals surface area (Å²) in [6.45, 7) is 5.65. The highest BCUT2D eigenvalue weighted by Crippen LogP contribution is 2.32. The summed E-state index contributed by atoms with van der Waals surface area (Å²) in [5.74, 6) is 1.85. The van der Waals surface area contributed by atoms with Gasteiger partial charge in [-0.05, 0) is 50.9 Å². The molecule has 0 saturated carbocycles. The van der Waals surface area contributed by atoms with Gasteiger partial charge in [0, 0.05) is 24.3 Å². The summed E-state index contributed by atoms with van der Waals surface area (Å²) in [7, 11) is 0.658. The van der Waals surface area contributed by atoms with Gasteiger partial charge in [-0.1, -0.05) is 5.92 Å². The quantitative estimate of drug-likeness (QED) is 0.747. The molecule has 0 aliphatic rings. The number of hydrogen-bond acceptors (Lipinski definition) is 2. The number of aromatic nitrogens is 1. The summed E-state index contributed by atoms with van der Waals surface area (Å²) in [4.78, 5) is 17.7. The molecule has 3 nitrogen and oxygen atoms in total. The Balaban J connectivity index is 3.09. The second-order valence-corrected chi connectivity index (χ2v) is 10.5. The highest BCUT2D eigenvalue weighted by Gasteiger charge is 2.26. The molecule has 0 aliphatic carbocycles. The van der Waals surface area contributed by atoms with Gasteiger partial charge in [0.05, 0.1) is 0 Å². The minimum Gasteiger partial charge on any atom is -0.335 e. The third kappa shape index (κ3) is 5.05. The number of pyridine rings is 1. The van der Waals surface area contributed by atoms with Crippen molar-refractivity contribution in [1.29, 1.82) is 0 Å². The van der Waals surface area contributed by atoms with Crippen molar-refractivity contribution < 1.29 is 9.18 Å². The van der Waals surface area contributed by atoms with E-state index in [1.54, 1.807) is 7.05 Å². The lowest BCUT2D eigenvalue weighted by Crippen LogP contribution is -2.43. The van der Waals surface area contributed by atoms with Crippen LogP contribution in [0.3, 0.4) is 0 Å². The summed E-state index contributed by atoms with van der Waals surface area (Å²) in [6.07, 6.45) is 7.62. The van der Waals surface area contributed by atoms with Crippen molar-refractivity contribution in [2.75, 3.05) is 25.8 Å². The van der Waals surface area contributed by atoms with Gasteiger partial charge in [0.1, 0.15) is 0 Å². The third-order valence-corrected chi connectivity index (χ3v) is 3.57. The van der Waals surface area contributed by atoms with E-state index in [9.17, 15) is 9.18 Å². The Hall–Kier alpha value is -1.54. The highest BCUT2D eigenvalue weighted by molar-refractivity contribution is 8.35. The largest absolute Gasteiger partial charge is 0.335 e. The maximum absolute atomic E-state index is 14.1. The molecule has 0 saturated heterocycles. The number of rotatable bonds is 1. The first-order chi connectivity index (χ1) is 9.42. The number of amides is 1. The Morgan fingerprint density at radius 3 is 2.33 bits per heavy atom. The van der Waals surface area contributed by atoms with E-state index >= 15 is 0 Å². The van der Waals surface area contributed by atoms with Crippen molar-refractivity contribution in [3.05, 3.63) is 29.3 Å². The summed E-state index contributed by atoms with van der Waals surface area (Å²) in [5.41, 5.74) is -0.0646. The van der Waals surface area contributed by atoms with Crippen molar-refractivity contribution in [2.45, 2.75) is 26.3 Å². The molecule has 0 aliphatic heterocycles. The molecule has 1 aromatic heterocycles. The van der Waals surface area contributed by atoms with E-state index in [2.05, 4.69) is 34.9 Å². The molecule has 1 heterocycles. The lowest BCUT2D eigenvalue weighted by molar-refractivity contribution is 0.0644. The maximum Gasteiger partial charge on any atom is 0.275 e. The molecule has 0 N–H and O–H groups in total. The summed E-state index contributed by atoms with van der Waals surface area (Å²) in [5, 5.41) is 3.09. The van der Waals surface area contributed by atoms with E-state index in [4.69, 9.17) is 0 Å². The number of nitrogens with zero attached hydrogens (tertiary/aromatic N) is 2. The Labute approximate surface area is 128 Å². The zero-order chi connectivity index (χ0) is 16.4. The minimum atomic E-state index is -0.981. The van der Waals surface area contributed by atoms with Crippen molar-refractivity contribution in [2.24, 2.45) is 0 Å². The van der Waals surface area contributed by atoms with Crippen LogP contribution in [0.2, 0.25) is 0 Å². The summed E-state index contributed by atoms with van der Waals surface area (Å²) in [6, 6.07) is 1.27. The van der Waals surface area contributed by atoms with Gasteiger partial charge in [-0.15, -0.1) is 0 Å². The monoisotopic (exact) mass is 310 g/mol. The van der Waals surface area contributed by atoms with Crippen LogP contribution in [0.4, 0.5) is 4.39 Å². The normalized spacial score (nSPS) is 12.4. The van der Waals surface area contributed by atoms with Crippen LogP contribution in [-0.4, -0.2) is 47.1 Å². The van der Waals surface area contributed by atoms with E-state index in [0.29, 0.717) is 5.56 Å². The first kappa shape index (κ1) is 17.5. The lowest BCUT2D eigenvalue weighted by atomic mass is 10.1. The van der Waals surface area contributed by atoms with E-state index in [0.717, 1.165) is 0 Å². The number of hydrogen-bond donors (Lipinski definition) is 0. The number of carbonyl (C=O) groups excluding carboxylic acids is 1. The van der Waals surface area contributed by atoms with E-state index < -0.39 is 21.8 Å². The smallest absolute Gasteiger partial charge is 0.275 e. The fourth-order valence-electron chi connectivity index (χ4n) is 1.34. The van der Waals surface area contributed by atoms with E-state index in [1.807, 2.05) is 20.8 Å². The Morgan fingerprint density at radius 1 is 1.33 bits per heavy atom. The average Bonchev–Trinajstić information content (AvgIpc) is 2.32. The van der Waals surface area contributed by atoms with Crippen molar-refractivity contribution >= 4 is 15.9 Å². The number of carbonyl (C=O) groups is 1. The van der Waals surface area contributed by atoms with Gasteiger partial charge in [0.15, 0.2) is 11.5 Å². The predicted molar refractivity (Wildman–Crippen MR) is 88.3 cm³/mol. The van der Waals surface area contributed by atoms with Gasteiger partial charge in [0.25, 0.3) is 5.91 Å². The third-order valence-electron chi connectivity index (χ3n) is 2.86. The minimum absolute atomic E-state index is 0.166. The molecule has 0 spiro atoms. The fourth-order valence-corrected chi connectivity index (χ4v) is 1.76. The second-order valence-electron chi connectivity index (χ2n) is 6.65. The van der Waals surface area contributed by atoms with Gasteiger partial charge in [-0.3, -0.25) is 4.79 Å². The van der Waals surface area contributed by atoms with Crippen LogP contribution in [0, 0.1) is 17.0 Å². The van der Waals surface area contributed by atoms with Crippen molar-refractivity contribution in [3.63, 3.8) is 0 Å². The first-order valence-corrected chi connectivity index (χ1v) is 9.42. The maximum atomic E-state index is 14.1. The number of halogens is 1. The van der Waals surface area contributed by atoms with Gasteiger partial charge in [-0.25, -0.2) is 9.37 Å². The zero-order valence-electron chi connectivity index (χ0n) is 13.7. The molecule has 21 heavy (non-hydrogen) atoms. The lowest BCUT2D eigenvalue weighted by Gasteiger charge is -2.31. The van der Waals surface area contributed by atoms with Gasteiger partial charge in [-0.2, -0.15) is 10.0 Å². The summed E-state index contributed by atoms with van der Waals surface area (Å²) >= 11 is 0. The van der Waals surface area contributed by atoms with Gasteiger partial charge >= 0.3 is 0 Å².